The molecule has 0 saturated heterocycles. The van der Waals surface area contributed by atoms with Crippen molar-refractivity contribution in [3.05, 3.63) is 70.9 Å². The molecule has 29 heavy (non-hydrogen) atoms. The van der Waals surface area contributed by atoms with Gasteiger partial charge in [0.15, 0.2) is 0 Å². The summed E-state index contributed by atoms with van der Waals surface area (Å²) in [5.74, 6) is -0.197. The van der Waals surface area contributed by atoms with Crippen LogP contribution in [0.2, 0.25) is 0 Å². The summed E-state index contributed by atoms with van der Waals surface area (Å²) in [5, 5.41) is 16.7. The number of carbonyl (C=O) groups is 2. The predicted molar refractivity (Wildman–Crippen MR) is 106 cm³/mol. The number of anilines is 1. The molecule has 0 bridgehead atoms. The molecule has 1 atom stereocenters. The number of carboxylic acids is 1. The normalized spacial score (nSPS) is 15.9. The number of carbonyl (C=O) groups excluding carboxylic acids is 1. The number of aryl methyl sites for hydroxylation is 1. The number of rotatable bonds is 3. The number of aromatic nitrogens is 4. The van der Waals surface area contributed by atoms with Crippen molar-refractivity contribution in [1.82, 2.24) is 19.7 Å². The molecule has 0 fully saturated rings. The van der Waals surface area contributed by atoms with Gasteiger partial charge in [-0.15, -0.1) is 0 Å². The lowest BCUT2D eigenvalue weighted by Gasteiger charge is -2.24. The number of amides is 1. The standard InChI is InChI=1S/C21H17N5O3/c1-11-18-14(12-6-8-13(9-7-12)20(28)29)10-17(27)24-19(18)26(25-11)21-22-15-4-2-3-5-16(15)23-21/h2-9,14H,10H2,1H3,(H,22,23)(H,24,27)(H,28,29)/t14-/m0/s1. The average molecular weight is 387 g/mol. The Morgan fingerprint density at radius 1 is 1.17 bits per heavy atom. The van der Waals surface area contributed by atoms with Crippen LogP contribution in [0.4, 0.5) is 5.82 Å². The molecule has 0 spiro atoms. The van der Waals surface area contributed by atoms with Crippen LogP contribution in [0.5, 0.6) is 0 Å². The zero-order valence-corrected chi connectivity index (χ0v) is 15.5. The van der Waals surface area contributed by atoms with Gasteiger partial charge in [-0.25, -0.2) is 9.78 Å². The average Bonchev–Trinajstić information content (AvgIpc) is 3.28. The van der Waals surface area contributed by atoms with Crippen LogP contribution >= 0.6 is 0 Å². The maximum atomic E-state index is 12.5. The van der Waals surface area contributed by atoms with Crippen molar-refractivity contribution in [2.24, 2.45) is 0 Å². The van der Waals surface area contributed by atoms with E-state index in [1.807, 2.05) is 31.2 Å². The van der Waals surface area contributed by atoms with E-state index in [9.17, 15) is 9.59 Å². The van der Waals surface area contributed by atoms with Gasteiger partial charge in [0.25, 0.3) is 0 Å². The van der Waals surface area contributed by atoms with Crippen molar-refractivity contribution in [2.75, 3.05) is 5.32 Å². The number of carboxylic acid groups (broad SMARTS) is 1. The van der Waals surface area contributed by atoms with Crippen molar-refractivity contribution in [3.8, 4) is 5.95 Å². The first-order chi connectivity index (χ1) is 14.0. The Bertz CT molecular complexity index is 1240. The van der Waals surface area contributed by atoms with Crippen LogP contribution in [-0.4, -0.2) is 36.7 Å². The second-order valence-electron chi connectivity index (χ2n) is 7.07. The van der Waals surface area contributed by atoms with E-state index < -0.39 is 5.97 Å². The summed E-state index contributed by atoms with van der Waals surface area (Å²) < 4.78 is 1.63. The predicted octanol–water partition coefficient (Wildman–Crippen LogP) is 3.23. The Labute approximate surface area is 165 Å². The van der Waals surface area contributed by atoms with E-state index in [4.69, 9.17) is 5.11 Å². The fraction of sp³-hybridized carbons (Fsp3) is 0.143. The summed E-state index contributed by atoms with van der Waals surface area (Å²) in [7, 11) is 0. The smallest absolute Gasteiger partial charge is 0.335 e. The van der Waals surface area contributed by atoms with Crippen molar-refractivity contribution in [2.45, 2.75) is 19.3 Å². The Hall–Kier alpha value is -3.94. The number of nitrogens with zero attached hydrogens (tertiary/aromatic N) is 3. The third-order valence-electron chi connectivity index (χ3n) is 5.24. The monoisotopic (exact) mass is 387 g/mol. The minimum Gasteiger partial charge on any atom is -0.478 e. The lowest BCUT2D eigenvalue weighted by molar-refractivity contribution is -0.116. The molecule has 1 amide bonds. The molecule has 8 heteroatoms. The maximum absolute atomic E-state index is 12.5. The van der Waals surface area contributed by atoms with E-state index in [1.54, 1.807) is 28.9 Å². The summed E-state index contributed by atoms with van der Waals surface area (Å²) in [6.45, 7) is 1.90. The van der Waals surface area contributed by atoms with Gasteiger partial charge in [0.2, 0.25) is 11.9 Å². The first kappa shape index (κ1) is 17.2. The van der Waals surface area contributed by atoms with Crippen molar-refractivity contribution in [1.29, 1.82) is 0 Å². The molecule has 3 N–H and O–H groups in total. The van der Waals surface area contributed by atoms with E-state index in [2.05, 4.69) is 20.4 Å². The van der Waals surface area contributed by atoms with Crippen molar-refractivity contribution < 1.29 is 14.7 Å². The van der Waals surface area contributed by atoms with Gasteiger partial charge in [-0.3, -0.25) is 4.79 Å². The summed E-state index contributed by atoms with van der Waals surface area (Å²) in [5.41, 5.74) is 4.47. The van der Waals surface area contributed by atoms with Gasteiger partial charge < -0.3 is 15.4 Å². The molecule has 1 aliphatic heterocycles. The molecule has 144 valence electrons. The molecule has 0 saturated carbocycles. The van der Waals surface area contributed by atoms with Crippen molar-refractivity contribution in [3.63, 3.8) is 0 Å². The van der Waals surface area contributed by atoms with E-state index in [0.717, 1.165) is 27.9 Å². The largest absolute Gasteiger partial charge is 0.478 e. The topological polar surface area (TPSA) is 113 Å². The molecule has 2 aromatic carbocycles. The molecule has 4 aromatic rings. The molecule has 3 heterocycles. The van der Waals surface area contributed by atoms with E-state index in [0.29, 0.717) is 11.8 Å². The highest BCUT2D eigenvalue weighted by atomic mass is 16.4. The van der Waals surface area contributed by atoms with Gasteiger partial charge in [0.05, 0.1) is 22.3 Å². The number of H-pyrrole nitrogens is 1. The van der Waals surface area contributed by atoms with Gasteiger partial charge in [-0.2, -0.15) is 9.78 Å². The number of benzene rings is 2. The van der Waals surface area contributed by atoms with Crippen molar-refractivity contribution >= 4 is 28.7 Å². The molecule has 0 unspecified atom stereocenters. The summed E-state index contributed by atoms with van der Waals surface area (Å²) in [6.07, 6.45) is 0.270. The number of aromatic amines is 1. The minimum absolute atomic E-state index is 0.123. The Kier molecular flexibility index (Phi) is 3.73. The molecule has 2 aromatic heterocycles. The number of aromatic carboxylic acids is 1. The molecule has 1 aliphatic rings. The summed E-state index contributed by atoms with van der Waals surface area (Å²) in [6, 6.07) is 14.3. The van der Waals surface area contributed by atoms with Crippen LogP contribution in [-0.2, 0) is 4.79 Å². The maximum Gasteiger partial charge on any atom is 0.335 e. The number of hydrogen-bond donors (Lipinski definition) is 3. The first-order valence-corrected chi connectivity index (χ1v) is 9.19. The Balaban J connectivity index is 1.63. The number of nitrogens with one attached hydrogen (secondary N) is 2. The fourth-order valence-corrected chi connectivity index (χ4v) is 3.88. The molecule has 8 nitrogen and oxygen atoms in total. The molecular weight excluding hydrogens is 370 g/mol. The van der Waals surface area contributed by atoms with Crippen LogP contribution in [0.15, 0.2) is 48.5 Å². The van der Waals surface area contributed by atoms with Crippen LogP contribution in [0.3, 0.4) is 0 Å². The molecule has 0 radical (unpaired) electrons. The highest BCUT2D eigenvalue weighted by Crippen LogP contribution is 2.40. The van der Waals surface area contributed by atoms with Gasteiger partial charge >= 0.3 is 5.97 Å². The van der Waals surface area contributed by atoms with E-state index in [1.165, 1.54) is 0 Å². The van der Waals surface area contributed by atoms with Crippen LogP contribution in [0, 0.1) is 6.92 Å². The minimum atomic E-state index is -0.979. The van der Waals surface area contributed by atoms with Crippen LogP contribution in [0.1, 0.15) is 39.5 Å². The highest BCUT2D eigenvalue weighted by molar-refractivity contribution is 5.95. The first-order valence-electron chi connectivity index (χ1n) is 9.19. The molecular formula is C21H17N5O3. The highest BCUT2D eigenvalue weighted by Gasteiger charge is 2.33. The Morgan fingerprint density at radius 3 is 2.66 bits per heavy atom. The van der Waals surface area contributed by atoms with Gasteiger partial charge in [-0.1, -0.05) is 24.3 Å². The van der Waals surface area contributed by atoms with Crippen LogP contribution in [0.25, 0.3) is 17.0 Å². The second kappa shape index (κ2) is 6.30. The van der Waals surface area contributed by atoms with Gasteiger partial charge in [0.1, 0.15) is 5.82 Å². The zero-order valence-electron chi connectivity index (χ0n) is 15.5. The van der Waals surface area contributed by atoms with Crippen LogP contribution < -0.4 is 5.32 Å². The number of imidazole rings is 1. The third kappa shape index (κ3) is 2.77. The molecule has 5 rings (SSSR count). The molecule has 0 aliphatic carbocycles. The Morgan fingerprint density at radius 2 is 1.93 bits per heavy atom. The lowest BCUT2D eigenvalue weighted by atomic mass is 9.85. The zero-order chi connectivity index (χ0) is 20.1. The van der Waals surface area contributed by atoms with Gasteiger partial charge in [-0.05, 0) is 36.8 Å². The quantitative estimate of drug-likeness (QED) is 0.499. The summed E-state index contributed by atoms with van der Waals surface area (Å²) in [4.78, 5) is 31.4. The number of para-hydroxylation sites is 2. The van der Waals surface area contributed by atoms with Gasteiger partial charge in [0, 0.05) is 17.9 Å². The fourth-order valence-electron chi connectivity index (χ4n) is 3.88. The second-order valence-corrected chi connectivity index (χ2v) is 7.07. The SMILES string of the molecule is Cc1nn(-c2nc3ccccc3[nH]2)c2c1[C@H](c1ccc(C(=O)O)cc1)CC(=O)N2. The lowest BCUT2D eigenvalue weighted by Crippen LogP contribution is -2.25. The van der Waals surface area contributed by atoms with E-state index in [-0.39, 0.29) is 23.8 Å². The van der Waals surface area contributed by atoms with E-state index >= 15 is 0 Å². The summed E-state index contributed by atoms with van der Waals surface area (Å²) >= 11 is 0. The number of hydrogen-bond acceptors (Lipinski definition) is 4. The third-order valence-corrected chi connectivity index (χ3v) is 5.24. The number of fused-ring (bicyclic) bond motifs is 2.